The number of hydrogen-bond donors (Lipinski definition) is 0. The summed E-state index contributed by atoms with van der Waals surface area (Å²) in [5.41, 5.74) is 0.244. The molecule has 0 aromatic heterocycles. The Kier molecular flexibility index (Phi) is 5.08. The van der Waals surface area contributed by atoms with Gasteiger partial charge in [-0.15, -0.1) is 0 Å². The molecule has 1 spiro atoms. The van der Waals surface area contributed by atoms with Crippen molar-refractivity contribution in [3.05, 3.63) is 0 Å². The molecule has 0 radical (unpaired) electrons. The number of rotatable bonds is 7. The van der Waals surface area contributed by atoms with Gasteiger partial charge in [0.15, 0.2) is 0 Å². The lowest BCUT2D eigenvalue weighted by atomic mass is 9.75. The van der Waals surface area contributed by atoms with Crippen molar-refractivity contribution in [3.8, 4) is 0 Å². The van der Waals surface area contributed by atoms with Gasteiger partial charge in [-0.3, -0.25) is 9.69 Å². The van der Waals surface area contributed by atoms with E-state index in [0.29, 0.717) is 11.8 Å². The van der Waals surface area contributed by atoms with Crippen molar-refractivity contribution in [1.82, 2.24) is 9.80 Å². The summed E-state index contributed by atoms with van der Waals surface area (Å²) in [6, 6.07) is 0. The lowest BCUT2D eigenvalue weighted by molar-refractivity contribution is -0.151. The van der Waals surface area contributed by atoms with Crippen LogP contribution in [0.2, 0.25) is 0 Å². The Balaban J connectivity index is 1.44. The Morgan fingerprint density at radius 3 is 2.59 bits per heavy atom. The van der Waals surface area contributed by atoms with Gasteiger partial charge in [0.05, 0.1) is 5.54 Å². The van der Waals surface area contributed by atoms with Gasteiger partial charge < -0.3 is 9.64 Å². The predicted octanol–water partition coefficient (Wildman–Crippen LogP) is 2.53. The number of hydrogen-bond acceptors (Lipinski definition) is 3. The highest BCUT2D eigenvalue weighted by Gasteiger charge is 2.50. The fraction of sp³-hybridized carbons (Fsp3) is 0.944. The van der Waals surface area contributed by atoms with Gasteiger partial charge >= 0.3 is 0 Å². The third kappa shape index (κ3) is 3.65. The summed E-state index contributed by atoms with van der Waals surface area (Å²) in [6.07, 6.45) is 8.03. The van der Waals surface area contributed by atoms with Gasteiger partial charge in [-0.25, -0.2) is 0 Å². The van der Waals surface area contributed by atoms with Gasteiger partial charge in [0, 0.05) is 32.7 Å². The van der Waals surface area contributed by atoms with Crippen molar-refractivity contribution in [3.63, 3.8) is 0 Å². The van der Waals surface area contributed by atoms with E-state index >= 15 is 0 Å². The molecule has 1 saturated carbocycles. The molecular formula is C18H32N2O2. The maximum Gasteiger partial charge on any atom is 0.222 e. The highest BCUT2D eigenvalue weighted by atomic mass is 16.5. The minimum atomic E-state index is 0.244. The number of piperidine rings is 1. The lowest BCUT2D eigenvalue weighted by Crippen LogP contribution is -2.72. The molecule has 2 saturated heterocycles. The number of nitrogens with zero attached hydrogens (tertiary/aromatic N) is 2. The Hall–Kier alpha value is -0.610. The van der Waals surface area contributed by atoms with E-state index in [-0.39, 0.29) is 5.54 Å². The second-order valence-corrected chi connectivity index (χ2v) is 7.84. The number of ether oxygens (including phenoxy) is 1. The number of unbranched alkanes of at least 4 members (excludes halogenated alkanes) is 1. The van der Waals surface area contributed by atoms with Crippen molar-refractivity contribution in [2.45, 2.75) is 57.4 Å². The second kappa shape index (κ2) is 6.88. The third-order valence-corrected chi connectivity index (χ3v) is 5.82. The monoisotopic (exact) mass is 308 g/mol. The van der Waals surface area contributed by atoms with E-state index in [9.17, 15) is 4.79 Å². The maximum atomic E-state index is 12.1. The van der Waals surface area contributed by atoms with Gasteiger partial charge in [0.25, 0.3) is 0 Å². The Morgan fingerprint density at radius 1 is 1.18 bits per heavy atom. The minimum Gasteiger partial charge on any atom is -0.381 e. The Bertz CT molecular complexity index is 389. The van der Waals surface area contributed by atoms with Crippen molar-refractivity contribution in [1.29, 1.82) is 0 Å². The summed E-state index contributed by atoms with van der Waals surface area (Å²) in [4.78, 5) is 16.7. The molecule has 0 aromatic rings. The second-order valence-electron chi connectivity index (χ2n) is 7.84. The molecule has 1 amide bonds. The molecule has 4 heteroatoms. The molecule has 2 heterocycles. The van der Waals surface area contributed by atoms with E-state index in [0.717, 1.165) is 58.0 Å². The molecule has 0 aromatic carbocycles. The molecule has 3 aliphatic rings. The first kappa shape index (κ1) is 16.3. The molecule has 3 fully saturated rings. The highest BCUT2D eigenvalue weighted by molar-refractivity contribution is 5.77. The first-order valence-electron chi connectivity index (χ1n) is 9.20. The molecule has 1 aliphatic carbocycles. The van der Waals surface area contributed by atoms with Crippen molar-refractivity contribution < 1.29 is 9.53 Å². The van der Waals surface area contributed by atoms with Crippen molar-refractivity contribution >= 4 is 5.91 Å². The number of likely N-dealkylation sites (tertiary alicyclic amines) is 2. The number of carbonyl (C=O) groups is 1. The quantitative estimate of drug-likeness (QED) is 0.724. The summed E-state index contributed by atoms with van der Waals surface area (Å²) in [5, 5.41) is 0. The van der Waals surface area contributed by atoms with E-state index in [1.807, 2.05) is 0 Å². The molecule has 1 atom stereocenters. The molecule has 4 nitrogen and oxygen atoms in total. The molecule has 0 N–H and O–H groups in total. The summed E-state index contributed by atoms with van der Waals surface area (Å²) in [5.74, 6) is 1.89. The third-order valence-electron chi connectivity index (χ3n) is 5.82. The van der Waals surface area contributed by atoms with Gasteiger partial charge in [-0.05, 0) is 57.5 Å². The average molecular weight is 308 g/mol. The van der Waals surface area contributed by atoms with Crippen LogP contribution in [0.4, 0.5) is 0 Å². The van der Waals surface area contributed by atoms with Gasteiger partial charge in [0.2, 0.25) is 5.91 Å². The molecule has 2 aliphatic heterocycles. The van der Waals surface area contributed by atoms with Crippen LogP contribution in [0, 0.1) is 11.8 Å². The van der Waals surface area contributed by atoms with Crippen LogP contribution in [0.3, 0.4) is 0 Å². The average Bonchev–Trinajstić information content (AvgIpc) is 3.28. The summed E-state index contributed by atoms with van der Waals surface area (Å²) >= 11 is 0. The molecule has 126 valence electrons. The number of amides is 1. The largest absolute Gasteiger partial charge is 0.381 e. The van der Waals surface area contributed by atoms with Crippen molar-refractivity contribution in [2.24, 2.45) is 11.8 Å². The molecule has 3 rings (SSSR count). The van der Waals surface area contributed by atoms with E-state index in [1.54, 1.807) is 0 Å². The Morgan fingerprint density at radius 2 is 1.91 bits per heavy atom. The lowest BCUT2D eigenvalue weighted by Gasteiger charge is -2.58. The van der Waals surface area contributed by atoms with Crippen LogP contribution in [0.1, 0.15) is 51.9 Å². The fourth-order valence-corrected chi connectivity index (χ4v) is 3.93. The topological polar surface area (TPSA) is 32.8 Å². The first-order valence-corrected chi connectivity index (χ1v) is 9.20. The summed E-state index contributed by atoms with van der Waals surface area (Å²) in [7, 11) is 2.23. The van der Waals surface area contributed by atoms with Crippen LogP contribution in [-0.2, 0) is 9.53 Å². The molecule has 0 bridgehead atoms. The van der Waals surface area contributed by atoms with E-state index in [4.69, 9.17) is 4.74 Å². The predicted molar refractivity (Wildman–Crippen MR) is 87.7 cm³/mol. The fourth-order valence-electron chi connectivity index (χ4n) is 3.93. The summed E-state index contributed by atoms with van der Waals surface area (Å²) < 4.78 is 5.92. The maximum absolute atomic E-state index is 12.1. The van der Waals surface area contributed by atoms with Crippen LogP contribution in [-0.4, -0.2) is 61.1 Å². The normalized spacial score (nSPS) is 27.9. The van der Waals surface area contributed by atoms with Crippen molar-refractivity contribution in [2.75, 3.05) is 39.9 Å². The van der Waals surface area contributed by atoms with Gasteiger partial charge in [-0.2, -0.15) is 0 Å². The zero-order valence-corrected chi connectivity index (χ0v) is 14.4. The number of likely N-dealkylation sites (N-methyl/N-ethyl adjacent to an activating group) is 1. The zero-order chi connectivity index (χ0) is 15.6. The van der Waals surface area contributed by atoms with Crippen LogP contribution < -0.4 is 0 Å². The molecular weight excluding hydrogens is 276 g/mol. The van der Waals surface area contributed by atoms with E-state index in [2.05, 4.69) is 23.8 Å². The van der Waals surface area contributed by atoms with Gasteiger partial charge in [0.1, 0.15) is 0 Å². The van der Waals surface area contributed by atoms with Crippen LogP contribution in [0.5, 0.6) is 0 Å². The van der Waals surface area contributed by atoms with E-state index in [1.165, 1.54) is 25.7 Å². The molecule has 22 heavy (non-hydrogen) atoms. The Labute approximate surface area is 135 Å². The standard InChI is InChI=1S/C18H32N2O2/c1-3-4-5-17(21)20-13-18(14-20)10-16(8-9-19(18)2)12-22-11-15-6-7-15/h15-16H,3-14H2,1-2H3. The van der Waals surface area contributed by atoms with E-state index < -0.39 is 0 Å². The van der Waals surface area contributed by atoms with Crippen LogP contribution in [0.15, 0.2) is 0 Å². The first-order chi connectivity index (χ1) is 10.6. The zero-order valence-electron chi connectivity index (χ0n) is 14.4. The van der Waals surface area contributed by atoms with Crippen LogP contribution in [0.25, 0.3) is 0 Å². The summed E-state index contributed by atoms with van der Waals surface area (Å²) in [6.45, 7) is 7.06. The minimum absolute atomic E-state index is 0.244. The highest BCUT2D eigenvalue weighted by Crippen LogP contribution is 2.39. The SMILES string of the molecule is CCCCC(=O)N1CC2(CC(COCC3CC3)CCN2C)C1. The van der Waals surface area contributed by atoms with Gasteiger partial charge in [-0.1, -0.05) is 13.3 Å². The smallest absolute Gasteiger partial charge is 0.222 e. The molecule has 1 unspecified atom stereocenters. The van der Waals surface area contributed by atoms with Crippen LogP contribution >= 0.6 is 0 Å². The number of carbonyl (C=O) groups excluding carboxylic acids is 1.